The number of nitrogens with zero attached hydrogens (tertiary/aromatic N) is 2. The van der Waals surface area contributed by atoms with E-state index in [0.29, 0.717) is 11.4 Å². The van der Waals surface area contributed by atoms with Gasteiger partial charge in [0.15, 0.2) is 5.69 Å². The maximum absolute atomic E-state index is 12.9. The zero-order valence-electron chi connectivity index (χ0n) is 9.78. The van der Waals surface area contributed by atoms with Gasteiger partial charge in [-0.25, -0.2) is 4.68 Å². The van der Waals surface area contributed by atoms with Crippen molar-refractivity contribution >= 4 is 11.6 Å². The molecule has 1 aromatic carbocycles. The zero-order valence-corrected chi connectivity index (χ0v) is 10.5. The maximum atomic E-state index is 12.9. The first-order valence-electron chi connectivity index (χ1n) is 5.89. The van der Waals surface area contributed by atoms with E-state index in [1.165, 1.54) is 4.68 Å². The second-order valence-corrected chi connectivity index (χ2v) is 4.95. The van der Waals surface area contributed by atoms with Crippen LogP contribution in [0.3, 0.4) is 0 Å². The number of hydrogen-bond donors (Lipinski definition) is 0. The second-order valence-electron chi connectivity index (χ2n) is 4.57. The van der Waals surface area contributed by atoms with Crippen LogP contribution < -0.4 is 0 Å². The molecule has 0 aliphatic heterocycles. The predicted molar refractivity (Wildman–Crippen MR) is 65.6 cm³/mol. The van der Waals surface area contributed by atoms with E-state index in [2.05, 4.69) is 5.10 Å². The van der Waals surface area contributed by atoms with E-state index in [1.54, 1.807) is 30.3 Å². The van der Waals surface area contributed by atoms with Crippen LogP contribution in [0.25, 0.3) is 5.69 Å². The van der Waals surface area contributed by atoms with Crippen molar-refractivity contribution in [1.82, 2.24) is 9.78 Å². The van der Waals surface area contributed by atoms with E-state index in [1.807, 2.05) is 0 Å². The first kappa shape index (κ1) is 12.5. The van der Waals surface area contributed by atoms with E-state index in [4.69, 9.17) is 11.6 Å². The zero-order chi connectivity index (χ0) is 13.6. The Hall–Kier alpha value is -1.49. The minimum absolute atomic E-state index is 0.0799. The summed E-state index contributed by atoms with van der Waals surface area (Å²) in [5.74, 6) is 0.0799. The highest BCUT2D eigenvalue weighted by Crippen LogP contribution is 2.47. The SMILES string of the molecule is FC(F)(F)c1nn(-c2ccccc2)c(C2CC2)c1Cl. The molecular weight excluding hydrogens is 277 g/mol. The molecule has 19 heavy (non-hydrogen) atoms. The number of rotatable bonds is 2. The molecule has 1 saturated carbocycles. The van der Waals surface area contributed by atoms with Crippen LogP contribution in [-0.2, 0) is 6.18 Å². The molecule has 0 atom stereocenters. The van der Waals surface area contributed by atoms with Crippen molar-refractivity contribution in [1.29, 1.82) is 0 Å². The molecule has 0 bridgehead atoms. The van der Waals surface area contributed by atoms with Gasteiger partial charge >= 0.3 is 6.18 Å². The van der Waals surface area contributed by atoms with Crippen LogP contribution >= 0.6 is 11.6 Å². The van der Waals surface area contributed by atoms with Gasteiger partial charge in [-0.15, -0.1) is 0 Å². The van der Waals surface area contributed by atoms with Crippen LogP contribution in [0.15, 0.2) is 30.3 Å². The third-order valence-electron chi connectivity index (χ3n) is 3.09. The van der Waals surface area contributed by atoms with Gasteiger partial charge < -0.3 is 0 Å². The summed E-state index contributed by atoms with van der Waals surface area (Å²) >= 11 is 5.90. The van der Waals surface area contributed by atoms with Crippen LogP contribution in [0, 0.1) is 0 Å². The van der Waals surface area contributed by atoms with Crippen molar-refractivity contribution < 1.29 is 13.2 Å². The molecule has 0 saturated heterocycles. The first-order valence-corrected chi connectivity index (χ1v) is 6.27. The fourth-order valence-electron chi connectivity index (χ4n) is 2.07. The van der Waals surface area contributed by atoms with Gasteiger partial charge in [-0.1, -0.05) is 29.8 Å². The van der Waals surface area contributed by atoms with Crippen molar-refractivity contribution in [2.45, 2.75) is 24.9 Å². The molecule has 0 radical (unpaired) electrons. The van der Waals surface area contributed by atoms with Gasteiger partial charge in [0, 0.05) is 5.92 Å². The Morgan fingerprint density at radius 2 is 1.79 bits per heavy atom. The summed E-state index contributed by atoms with van der Waals surface area (Å²) in [5, 5.41) is 3.41. The number of para-hydroxylation sites is 1. The quantitative estimate of drug-likeness (QED) is 0.799. The van der Waals surface area contributed by atoms with Crippen LogP contribution in [-0.4, -0.2) is 9.78 Å². The van der Waals surface area contributed by atoms with E-state index in [-0.39, 0.29) is 10.9 Å². The first-order chi connectivity index (χ1) is 8.98. The lowest BCUT2D eigenvalue weighted by Gasteiger charge is -2.06. The molecule has 1 aliphatic rings. The molecule has 0 spiro atoms. The fraction of sp³-hybridized carbons (Fsp3) is 0.308. The molecule has 0 N–H and O–H groups in total. The molecule has 2 aromatic rings. The Morgan fingerprint density at radius 3 is 2.32 bits per heavy atom. The topological polar surface area (TPSA) is 17.8 Å². The minimum atomic E-state index is -4.53. The van der Waals surface area contributed by atoms with Gasteiger partial charge in [0.25, 0.3) is 0 Å². The highest BCUT2D eigenvalue weighted by atomic mass is 35.5. The number of benzene rings is 1. The smallest absolute Gasteiger partial charge is 0.235 e. The van der Waals surface area contributed by atoms with E-state index >= 15 is 0 Å². The van der Waals surface area contributed by atoms with Gasteiger partial charge in [0.1, 0.15) is 0 Å². The van der Waals surface area contributed by atoms with Crippen molar-refractivity contribution in [2.75, 3.05) is 0 Å². The summed E-state index contributed by atoms with van der Waals surface area (Å²) in [6.45, 7) is 0. The molecule has 2 nitrogen and oxygen atoms in total. The number of hydrogen-bond acceptors (Lipinski definition) is 1. The molecule has 1 heterocycles. The number of alkyl halides is 3. The molecule has 100 valence electrons. The highest BCUT2D eigenvalue weighted by molar-refractivity contribution is 6.32. The van der Waals surface area contributed by atoms with Gasteiger partial charge in [-0.3, -0.25) is 0 Å². The Bertz CT molecular complexity index is 600. The van der Waals surface area contributed by atoms with Gasteiger partial charge in [-0.2, -0.15) is 18.3 Å². The predicted octanol–water partition coefficient (Wildman–Crippen LogP) is 4.42. The Morgan fingerprint density at radius 1 is 1.16 bits per heavy atom. The summed E-state index contributed by atoms with van der Waals surface area (Å²) in [6, 6.07) is 8.75. The molecule has 0 amide bonds. The summed E-state index contributed by atoms with van der Waals surface area (Å²) in [5.41, 5.74) is 0.0712. The Labute approximate surface area is 112 Å². The molecule has 1 aliphatic carbocycles. The van der Waals surface area contributed by atoms with Crippen LogP contribution in [0.5, 0.6) is 0 Å². The van der Waals surface area contributed by atoms with Crippen LogP contribution in [0.2, 0.25) is 5.02 Å². The summed E-state index contributed by atoms with van der Waals surface area (Å²) in [4.78, 5) is 0. The molecule has 1 aromatic heterocycles. The number of aromatic nitrogens is 2. The standard InChI is InChI=1S/C13H10ClF3N2/c14-10-11(8-6-7-8)19(9-4-2-1-3-5-9)18-12(10)13(15,16)17/h1-5,8H,6-7H2. The fourth-order valence-corrected chi connectivity index (χ4v) is 2.45. The second kappa shape index (κ2) is 4.27. The minimum Gasteiger partial charge on any atom is -0.235 e. The normalized spacial score (nSPS) is 15.8. The monoisotopic (exact) mass is 286 g/mol. The Balaban J connectivity index is 2.19. The van der Waals surface area contributed by atoms with Crippen molar-refractivity contribution in [2.24, 2.45) is 0 Å². The summed E-state index contributed by atoms with van der Waals surface area (Å²) in [7, 11) is 0. The molecule has 0 unspecified atom stereocenters. The van der Waals surface area contributed by atoms with Gasteiger partial charge in [-0.05, 0) is 25.0 Å². The lowest BCUT2D eigenvalue weighted by Crippen LogP contribution is -2.08. The Kier molecular flexibility index (Phi) is 2.82. The van der Waals surface area contributed by atoms with Crippen molar-refractivity contribution in [3.05, 3.63) is 46.7 Å². The molecular formula is C13H10ClF3N2. The van der Waals surface area contributed by atoms with E-state index < -0.39 is 11.9 Å². The van der Waals surface area contributed by atoms with E-state index in [9.17, 15) is 13.2 Å². The molecule has 3 rings (SSSR count). The average Bonchev–Trinajstić information content (AvgIpc) is 3.12. The van der Waals surface area contributed by atoms with Gasteiger partial charge in [0.05, 0.1) is 16.4 Å². The van der Waals surface area contributed by atoms with Crippen molar-refractivity contribution in [3.8, 4) is 5.69 Å². The van der Waals surface area contributed by atoms with Crippen molar-refractivity contribution in [3.63, 3.8) is 0 Å². The van der Waals surface area contributed by atoms with E-state index in [0.717, 1.165) is 12.8 Å². The maximum Gasteiger partial charge on any atom is 0.436 e. The number of halogens is 4. The molecule has 6 heteroatoms. The largest absolute Gasteiger partial charge is 0.436 e. The third kappa shape index (κ3) is 2.23. The summed E-state index contributed by atoms with van der Waals surface area (Å²) < 4.78 is 40.0. The lowest BCUT2D eigenvalue weighted by atomic mass is 10.2. The van der Waals surface area contributed by atoms with Crippen LogP contribution in [0.4, 0.5) is 13.2 Å². The lowest BCUT2D eigenvalue weighted by molar-refractivity contribution is -0.141. The van der Waals surface area contributed by atoms with Gasteiger partial charge in [0.2, 0.25) is 0 Å². The third-order valence-corrected chi connectivity index (χ3v) is 3.47. The molecule has 1 fully saturated rings. The summed E-state index contributed by atoms with van der Waals surface area (Å²) in [6.07, 6.45) is -2.81. The van der Waals surface area contributed by atoms with Crippen LogP contribution in [0.1, 0.15) is 30.1 Å². The average molecular weight is 287 g/mol. The highest BCUT2D eigenvalue weighted by Gasteiger charge is 2.42.